The maximum atomic E-state index is 13.3. The normalized spacial score (nSPS) is 17.4. The van der Waals surface area contributed by atoms with Crippen LogP contribution < -0.4 is 4.74 Å². The van der Waals surface area contributed by atoms with E-state index in [1.165, 1.54) is 16.7 Å². The number of benzene rings is 3. The fourth-order valence-corrected chi connectivity index (χ4v) is 4.14. The van der Waals surface area contributed by atoms with Crippen LogP contribution in [0.25, 0.3) is 0 Å². The van der Waals surface area contributed by atoms with Gasteiger partial charge in [0, 0.05) is 26.2 Å². The van der Waals surface area contributed by atoms with Gasteiger partial charge in [-0.2, -0.15) is 0 Å². The molecule has 1 aliphatic rings. The van der Waals surface area contributed by atoms with Crippen molar-refractivity contribution in [3.05, 3.63) is 101 Å². The Balaban J connectivity index is 1.55. The molecule has 0 aliphatic carbocycles. The van der Waals surface area contributed by atoms with Gasteiger partial charge in [-0.05, 0) is 54.8 Å². The summed E-state index contributed by atoms with van der Waals surface area (Å²) in [5.74, 6) is 0.725. The van der Waals surface area contributed by atoms with Crippen LogP contribution in [0.15, 0.2) is 72.8 Å². The van der Waals surface area contributed by atoms with Crippen LogP contribution in [0.2, 0.25) is 0 Å². The van der Waals surface area contributed by atoms with E-state index in [9.17, 15) is 4.39 Å². The molecular formula is C26H29FN2O. The van der Waals surface area contributed by atoms with Gasteiger partial charge in [-0.1, -0.05) is 54.1 Å². The van der Waals surface area contributed by atoms with Crippen LogP contribution in [0, 0.1) is 12.7 Å². The molecule has 0 amide bonds. The number of hydrogen-bond acceptors (Lipinski definition) is 3. The summed E-state index contributed by atoms with van der Waals surface area (Å²) in [6.45, 7) is 8.45. The van der Waals surface area contributed by atoms with Crippen LogP contribution >= 0.6 is 0 Å². The van der Waals surface area contributed by atoms with Crippen LogP contribution in [-0.2, 0) is 13.1 Å². The summed E-state index contributed by atoms with van der Waals surface area (Å²) in [6.07, 6.45) is 0.197. The van der Waals surface area contributed by atoms with Gasteiger partial charge in [0.15, 0.2) is 0 Å². The smallest absolute Gasteiger partial charge is 0.123 e. The van der Waals surface area contributed by atoms with Gasteiger partial charge in [-0.3, -0.25) is 9.80 Å². The SMILES string of the molecule is CCOc1ccc(CN2CCN(Cc3ccc(F)cc3)[C@@H]2c2ccc(C)cc2)cc1. The fraction of sp³-hybridized carbons (Fsp3) is 0.308. The van der Waals surface area contributed by atoms with E-state index in [0.717, 1.165) is 37.5 Å². The Bertz CT molecular complexity index is 938. The topological polar surface area (TPSA) is 15.7 Å². The van der Waals surface area contributed by atoms with Gasteiger partial charge in [0.05, 0.1) is 12.8 Å². The van der Waals surface area contributed by atoms with Crippen molar-refractivity contribution in [3.63, 3.8) is 0 Å². The monoisotopic (exact) mass is 404 g/mol. The first-order valence-electron chi connectivity index (χ1n) is 10.6. The van der Waals surface area contributed by atoms with E-state index in [-0.39, 0.29) is 12.0 Å². The lowest BCUT2D eigenvalue weighted by Gasteiger charge is -2.31. The first kappa shape index (κ1) is 20.6. The second-order valence-electron chi connectivity index (χ2n) is 7.93. The number of rotatable bonds is 7. The number of nitrogens with zero attached hydrogens (tertiary/aromatic N) is 2. The molecule has 1 saturated heterocycles. The lowest BCUT2D eigenvalue weighted by molar-refractivity contribution is 0.126. The quantitative estimate of drug-likeness (QED) is 0.513. The van der Waals surface area contributed by atoms with E-state index in [4.69, 9.17) is 4.74 Å². The summed E-state index contributed by atoms with van der Waals surface area (Å²) in [7, 11) is 0. The molecule has 1 aliphatic heterocycles. The minimum absolute atomic E-state index is 0.188. The van der Waals surface area contributed by atoms with Gasteiger partial charge in [0.25, 0.3) is 0 Å². The minimum atomic E-state index is -0.188. The maximum Gasteiger partial charge on any atom is 0.123 e. The molecule has 0 radical (unpaired) electrons. The first-order chi connectivity index (χ1) is 14.6. The Morgan fingerprint density at radius 2 is 1.33 bits per heavy atom. The average Bonchev–Trinajstić information content (AvgIpc) is 3.14. The molecule has 4 heteroatoms. The van der Waals surface area contributed by atoms with Crippen molar-refractivity contribution in [1.82, 2.24) is 9.80 Å². The number of ether oxygens (including phenoxy) is 1. The zero-order chi connectivity index (χ0) is 20.9. The van der Waals surface area contributed by atoms with Crippen molar-refractivity contribution in [2.75, 3.05) is 19.7 Å². The average molecular weight is 405 g/mol. The van der Waals surface area contributed by atoms with Crippen LogP contribution in [0.3, 0.4) is 0 Å². The Hall–Kier alpha value is -2.69. The molecule has 1 atom stereocenters. The minimum Gasteiger partial charge on any atom is -0.494 e. The molecule has 0 spiro atoms. The van der Waals surface area contributed by atoms with E-state index in [1.807, 2.05) is 31.2 Å². The Labute approximate surface area is 178 Å². The first-order valence-corrected chi connectivity index (χ1v) is 10.6. The van der Waals surface area contributed by atoms with Gasteiger partial charge >= 0.3 is 0 Å². The summed E-state index contributed by atoms with van der Waals surface area (Å²) in [6, 6.07) is 24.1. The lowest BCUT2D eigenvalue weighted by atomic mass is 10.1. The molecule has 156 valence electrons. The van der Waals surface area contributed by atoms with Crippen LogP contribution in [0.4, 0.5) is 4.39 Å². The molecule has 3 nitrogen and oxygen atoms in total. The van der Waals surface area contributed by atoms with Crippen LogP contribution in [0.5, 0.6) is 5.75 Å². The van der Waals surface area contributed by atoms with E-state index < -0.39 is 0 Å². The van der Waals surface area contributed by atoms with Crippen molar-refractivity contribution in [1.29, 1.82) is 0 Å². The molecule has 0 saturated carbocycles. The third kappa shape index (κ3) is 4.89. The van der Waals surface area contributed by atoms with Crippen LogP contribution in [0.1, 0.15) is 35.3 Å². The van der Waals surface area contributed by atoms with Gasteiger partial charge < -0.3 is 4.74 Å². The standard InChI is InChI=1S/C26H29FN2O/c1-3-30-25-14-8-22(9-15-25)19-29-17-16-28(18-21-6-12-24(27)13-7-21)26(29)23-10-4-20(2)5-11-23/h4-15,26H,3,16-19H2,1-2H3/t26-/m0/s1. The number of halogens is 1. The fourth-order valence-electron chi connectivity index (χ4n) is 4.14. The molecule has 1 fully saturated rings. The predicted molar refractivity (Wildman–Crippen MR) is 119 cm³/mol. The highest BCUT2D eigenvalue weighted by Gasteiger charge is 2.33. The summed E-state index contributed by atoms with van der Waals surface area (Å²) >= 11 is 0. The molecule has 0 aromatic heterocycles. The molecule has 4 rings (SSSR count). The number of hydrogen-bond donors (Lipinski definition) is 0. The highest BCUT2D eigenvalue weighted by Crippen LogP contribution is 2.33. The van der Waals surface area contributed by atoms with Gasteiger partial charge in [0.2, 0.25) is 0 Å². The largest absolute Gasteiger partial charge is 0.494 e. The summed E-state index contributed by atoms with van der Waals surface area (Å²) in [4.78, 5) is 5.00. The van der Waals surface area contributed by atoms with Crippen LogP contribution in [-0.4, -0.2) is 29.5 Å². The van der Waals surface area contributed by atoms with Crippen molar-refractivity contribution in [3.8, 4) is 5.75 Å². The molecule has 3 aromatic carbocycles. The Kier molecular flexibility index (Phi) is 6.46. The van der Waals surface area contributed by atoms with Crippen molar-refractivity contribution in [2.24, 2.45) is 0 Å². The summed E-state index contributed by atoms with van der Waals surface area (Å²) in [5.41, 5.74) is 4.97. The lowest BCUT2D eigenvalue weighted by Crippen LogP contribution is -2.30. The van der Waals surface area contributed by atoms with Gasteiger partial charge in [0.1, 0.15) is 11.6 Å². The molecular weight excluding hydrogens is 375 g/mol. The Morgan fingerprint density at radius 3 is 1.87 bits per heavy atom. The van der Waals surface area contributed by atoms with Gasteiger partial charge in [-0.25, -0.2) is 4.39 Å². The second-order valence-corrected chi connectivity index (χ2v) is 7.93. The summed E-state index contributed by atoms with van der Waals surface area (Å²) in [5, 5.41) is 0. The Morgan fingerprint density at radius 1 is 0.800 bits per heavy atom. The van der Waals surface area contributed by atoms with Gasteiger partial charge in [-0.15, -0.1) is 0 Å². The molecule has 0 bridgehead atoms. The highest BCUT2D eigenvalue weighted by atomic mass is 19.1. The third-order valence-electron chi connectivity index (χ3n) is 5.66. The van der Waals surface area contributed by atoms with Crippen molar-refractivity contribution >= 4 is 0 Å². The molecule has 0 N–H and O–H groups in total. The molecule has 30 heavy (non-hydrogen) atoms. The third-order valence-corrected chi connectivity index (χ3v) is 5.66. The van der Waals surface area contributed by atoms with Crippen molar-refractivity contribution in [2.45, 2.75) is 33.1 Å². The van der Waals surface area contributed by atoms with E-state index in [1.54, 1.807) is 12.1 Å². The van der Waals surface area contributed by atoms with E-state index >= 15 is 0 Å². The number of aryl methyl sites for hydroxylation is 1. The maximum absolute atomic E-state index is 13.3. The van der Waals surface area contributed by atoms with E-state index in [2.05, 4.69) is 53.1 Å². The van der Waals surface area contributed by atoms with Crippen molar-refractivity contribution < 1.29 is 9.13 Å². The van der Waals surface area contributed by atoms with E-state index in [0.29, 0.717) is 6.61 Å². The molecule has 0 unspecified atom stereocenters. The zero-order valence-electron chi connectivity index (χ0n) is 17.7. The summed E-state index contributed by atoms with van der Waals surface area (Å²) < 4.78 is 18.9. The second kappa shape index (κ2) is 9.41. The molecule has 1 heterocycles. The predicted octanol–water partition coefficient (Wildman–Crippen LogP) is 5.55. The zero-order valence-corrected chi connectivity index (χ0v) is 17.7. The molecule has 3 aromatic rings. The highest BCUT2D eigenvalue weighted by molar-refractivity contribution is 5.29.